The summed E-state index contributed by atoms with van der Waals surface area (Å²) in [4.78, 5) is 2.49. The molecule has 0 saturated carbocycles. The average molecular weight is 788 g/mol. The molecule has 0 heterocycles. The fraction of sp³-hybridized carbons (Fsp3) is 0.0164. The van der Waals surface area contributed by atoms with Gasteiger partial charge in [-0.05, 0) is 114 Å². The van der Waals surface area contributed by atoms with Crippen LogP contribution in [-0.2, 0) is 5.41 Å². The van der Waals surface area contributed by atoms with Gasteiger partial charge in [-0.3, -0.25) is 0 Å². The van der Waals surface area contributed by atoms with E-state index < -0.39 is 5.41 Å². The summed E-state index contributed by atoms with van der Waals surface area (Å²) in [6, 6.07) is 91.5. The second-order valence-corrected chi connectivity index (χ2v) is 16.3. The van der Waals surface area contributed by atoms with Gasteiger partial charge in [0.2, 0.25) is 0 Å². The van der Waals surface area contributed by atoms with Crippen LogP contribution in [0.5, 0.6) is 0 Å². The Hall–Kier alpha value is -8.00. The van der Waals surface area contributed by atoms with Crippen LogP contribution < -0.4 is 4.90 Å². The van der Waals surface area contributed by atoms with E-state index in [0.717, 1.165) is 17.1 Å². The van der Waals surface area contributed by atoms with E-state index >= 15 is 0 Å². The molecule has 62 heavy (non-hydrogen) atoms. The molecule has 0 radical (unpaired) electrons. The van der Waals surface area contributed by atoms with Gasteiger partial charge < -0.3 is 4.90 Å². The molecule has 1 spiro atoms. The van der Waals surface area contributed by atoms with Crippen LogP contribution in [0.2, 0.25) is 0 Å². The Morgan fingerprint density at radius 1 is 0.242 bits per heavy atom. The first-order valence-electron chi connectivity index (χ1n) is 21.5. The Kier molecular flexibility index (Phi) is 8.47. The normalized spacial score (nSPS) is 12.6. The summed E-state index contributed by atoms with van der Waals surface area (Å²) < 4.78 is 0. The number of rotatable bonds is 7. The summed E-state index contributed by atoms with van der Waals surface area (Å²) in [5, 5.41) is 0. The third kappa shape index (κ3) is 5.49. The minimum absolute atomic E-state index is 0.410. The zero-order chi connectivity index (χ0) is 41.0. The second-order valence-electron chi connectivity index (χ2n) is 16.3. The lowest BCUT2D eigenvalue weighted by atomic mass is 9.70. The van der Waals surface area contributed by atoms with Crippen molar-refractivity contribution in [1.82, 2.24) is 0 Å². The minimum atomic E-state index is -0.410. The maximum atomic E-state index is 2.49. The van der Waals surface area contributed by atoms with Gasteiger partial charge in [-0.2, -0.15) is 0 Å². The van der Waals surface area contributed by atoms with E-state index in [1.54, 1.807) is 0 Å². The minimum Gasteiger partial charge on any atom is -0.310 e. The summed E-state index contributed by atoms with van der Waals surface area (Å²) in [7, 11) is 0. The molecule has 0 N–H and O–H groups in total. The Bertz CT molecular complexity index is 3230. The summed E-state index contributed by atoms with van der Waals surface area (Å²) in [5.41, 5.74) is 22.9. The lowest BCUT2D eigenvalue weighted by molar-refractivity contribution is 0.794. The smallest absolute Gasteiger partial charge is 0.0725 e. The van der Waals surface area contributed by atoms with Crippen molar-refractivity contribution in [3.8, 4) is 66.8 Å². The van der Waals surface area contributed by atoms with E-state index in [1.807, 2.05) is 0 Å². The highest BCUT2D eigenvalue weighted by Gasteiger charge is 2.51. The van der Waals surface area contributed by atoms with E-state index in [-0.39, 0.29) is 0 Å². The molecule has 10 aromatic rings. The van der Waals surface area contributed by atoms with E-state index in [9.17, 15) is 0 Å². The molecule has 0 atom stereocenters. The van der Waals surface area contributed by atoms with Gasteiger partial charge in [0, 0.05) is 16.9 Å². The van der Waals surface area contributed by atoms with Crippen molar-refractivity contribution >= 4 is 17.1 Å². The molecular formula is C61H41N. The SMILES string of the molecule is c1ccc(-c2ccc(N(c3ccc4c(c3)-c3ccccc3C43c4ccccc4-c4ccccc43)c3cccc(-c4ccccc4)c3-c3ccccc3-c3ccccc3)cc2)cc1. The van der Waals surface area contributed by atoms with Crippen LogP contribution in [0, 0.1) is 0 Å². The summed E-state index contributed by atoms with van der Waals surface area (Å²) in [6.07, 6.45) is 0. The first-order valence-corrected chi connectivity index (χ1v) is 21.5. The first kappa shape index (κ1) is 35.9. The largest absolute Gasteiger partial charge is 0.310 e. The van der Waals surface area contributed by atoms with Crippen LogP contribution in [0.3, 0.4) is 0 Å². The highest BCUT2D eigenvalue weighted by Crippen LogP contribution is 2.63. The van der Waals surface area contributed by atoms with E-state index in [2.05, 4.69) is 254 Å². The average Bonchev–Trinajstić information content (AvgIpc) is 3.82. The van der Waals surface area contributed by atoms with Crippen LogP contribution in [0.15, 0.2) is 249 Å². The highest BCUT2D eigenvalue weighted by molar-refractivity contribution is 6.02. The first-order chi connectivity index (χ1) is 30.8. The Morgan fingerprint density at radius 2 is 0.645 bits per heavy atom. The molecule has 290 valence electrons. The molecule has 0 bridgehead atoms. The molecule has 0 saturated heterocycles. The van der Waals surface area contributed by atoms with E-state index in [0.29, 0.717) is 0 Å². The fourth-order valence-electron chi connectivity index (χ4n) is 10.5. The molecule has 0 aliphatic heterocycles. The standard InChI is InChI=1S/C61H41N/c1-4-19-42(20-5-1)43-35-37-46(38-36-43)62(59-34-18-30-49(45-23-8-3-9-24-45)60(59)53-29-11-10-25-48(53)44-21-6-2-7-22-44)47-39-40-58-54(41-47)52-28-14-17-33-57(52)61(58)55-31-15-12-26-50(55)51-27-13-16-32-56(51)61/h1-41H. The number of anilines is 3. The maximum Gasteiger partial charge on any atom is 0.0725 e. The van der Waals surface area contributed by atoms with Crippen LogP contribution >= 0.6 is 0 Å². The van der Waals surface area contributed by atoms with Gasteiger partial charge in [-0.1, -0.05) is 218 Å². The molecule has 2 aliphatic rings. The van der Waals surface area contributed by atoms with Gasteiger partial charge >= 0.3 is 0 Å². The lowest BCUT2D eigenvalue weighted by Crippen LogP contribution is -2.25. The quantitative estimate of drug-likeness (QED) is 0.155. The number of hydrogen-bond donors (Lipinski definition) is 0. The maximum absolute atomic E-state index is 2.49. The molecule has 10 aromatic carbocycles. The van der Waals surface area contributed by atoms with Crippen molar-refractivity contribution in [2.75, 3.05) is 4.90 Å². The lowest BCUT2D eigenvalue weighted by Gasteiger charge is -2.32. The molecule has 12 rings (SSSR count). The number of benzene rings is 10. The van der Waals surface area contributed by atoms with E-state index in [4.69, 9.17) is 0 Å². The van der Waals surface area contributed by atoms with Crippen molar-refractivity contribution in [2.45, 2.75) is 5.41 Å². The molecular weight excluding hydrogens is 747 g/mol. The Morgan fingerprint density at radius 3 is 1.23 bits per heavy atom. The third-order valence-corrected chi connectivity index (χ3v) is 13.1. The molecule has 1 nitrogen and oxygen atoms in total. The van der Waals surface area contributed by atoms with Gasteiger partial charge in [0.15, 0.2) is 0 Å². The number of nitrogens with zero attached hydrogens (tertiary/aromatic N) is 1. The van der Waals surface area contributed by atoms with Crippen LogP contribution in [0.1, 0.15) is 22.3 Å². The molecule has 0 fully saturated rings. The zero-order valence-electron chi connectivity index (χ0n) is 34.1. The molecule has 1 heteroatoms. The van der Waals surface area contributed by atoms with Crippen molar-refractivity contribution in [3.63, 3.8) is 0 Å². The van der Waals surface area contributed by atoms with E-state index in [1.165, 1.54) is 89.0 Å². The van der Waals surface area contributed by atoms with Crippen molar-refractivity contribution in [3.05, 3.63) is 271 Å². The summed E-state index contributed by atoms with van der Waals surface area (Å²) in [6.45, 7) is 0. The van der Waals surface area contributed by atoms with Crippen molar-refractivity contribution < 1.29 is 0 Å². The predicted molar refractivity (Wildman–Crippen MR) is 259 cm³/mol. The van der Waals surface area contributed by atoms with Gasteiger partial charge in [-0.25, -0.2) is 0 Å². The zero-order valence-corrected chi connectivity index (χ0v) is 34.1. The van der Waals surface area contributed by atoms with Gasteiger partial charge in [0.25, 0.3) is 0 Å². The Balaban J connectivity index is 1.14. The number of hydrogen-bond acceptors (Lipinski definition) is 1. The molecule has 2 aliphatic carbocycles. The highest BCUT2D eigenvalue weighted by atomic mass is 15.1. The fourth-order valence-corrected chi connectivity index (χ4v) is 10.5. The topological polar surface area (TPSA) is 3.24 Å². The van der Waals surface area contributed by atoms with Crippen molar-refractivity contribution in [2.24, 2.45) is 0 Å². The predicted octanol–water partition coefficient (Wildman–Crippen LogP) is 16.2. The summed E-state index contributed by atoms with van der Waals surface area (Å²) >= 11 is 0. The molecule has 0 unspecified atom stereocenters. The van der Waals surface area contributed by atoms with Crippen LogP contribution in [-0.4, -0.2) is 0 Å². The van der Waals surface area contributed by atoms with Crippen LogP contribution in [0.4, 0.5) is 17.1 Å². The van der Waals surface area contributed by atoms with Gasteiger partial charge in [0.1, 0.15) is 0 Å². The van der Waals surface area contributed by atoms with Crippen LogP contribution in [0.25, 0.3) is 66.8 Å². The monoisotopic (exact) mass is 787 g/mol. The van der Waals surface area contributed by atoms with Crippen molar-refractivity contribution in [1.29, 1.82) is 0 Å². The third-order valence-electron chi connectivity index (χ3n) is 13.1. The molecule has 0 aromatic heterocycles. The van der Waals surface area contributed by atoms with Gasteiger partial charge in [0.05, 0.1) is 11.1 Å². The summed E-state index contributed by atoms with van der Waals surface area (Å²) in [5.74, 6) is 0. The van der Waals surface area contributed by atoms with Gasteiger partial charge in [-0.15, -0.1) is 0 Å². The Labute approximate surface area is 363 Å². The second kappa shape index (κ2) is 14.6. The number of fused-ring (bicyclic) bond motifs is 10. The molecule has 0 amide bonds.